The van der Waals surface area contributed by atoms with Crippen LogP contribution in [-0.2, 0) is 25.5 Å². The van der Waals surface area contributed by atoms with Crippen molar-refractivity contribution in [2.45, 2.75) is 38.3 Å². The summed E-state index contributed by atoms with van der Waals surface area (Å²) >= 11 is 3.44. The zero-order valence-electron chi connectivity index (χ0n) is 16.5. The van der Waals surface area contributed by atoms with Gasteiger partial charge in [0, 0.05) is 23.7 Å². The molecule has 0 saturated heterocycles. The van der Waals surface area contributed by atoms with Crippen molar-refractivity contribution >= 4 is 33.7 Å². The number of carbonyl (C=O) groups is 3. The Labute approximate surface area is 179 Å². The third-order valence-electron chi connectivity index (χ3n) is 4.46. The van der Waals surface area contributed by atoms with E-state index in [1.807, 2.05) is 61.5 Å². The van der Waals surface area contributed by atoms with E-state index in [0.717, 1.165) is 15.6 Å². The Morgan fingerprint density at radius 3 is 2.14 bits per heavy atom. The van der Waals surface area contributed by atoms with Crippen LogP contribution in [0.5, 0.6) is 0 Å². The van der Waals surface area contributed by atoms with E-state index in [-0.39, 0.29) is 37.1 Å². The number of rotatable bonds is 9. The van der Waals surface area contributed by atoms with Crippen LogP contribution in [0.1, 0.15) is 36.9 Å². The molecule has 0 radical (unpaired) electrons. The van der Waals surface area contributed by atoms with Crippen LogP contribution in [0, 0.1) is 0 Å². The molecule has 2 aromatic rings. The van der Waals surface area contributed by atoms with E-state index in [4.69, 9.17) is 4.74 Å². The summed E-state index contributed by atoms with van der Waals surface area (Å²) < 4.78 is 5.65. The maximum Gasteiger partial charge on any atom is 0.328 e. The Hall–Kier alpha value is -2.67. The number of halogens is 1. The quantitative estimate of drug-likeness (QED) is 0.562. The van der Waals surface area contributed by atoms with E-state index in [9.17, 15) is 14.4 Å². The molecule has 0 unspecified atom stereocenters. The zero-order valence-corrected chi connectivity index (χ0v) is 18.1. The first-order valence-corrected chi connectivity index (χ1v) is 10.1. The van der Waals surface area contributed by atoms with E-state index < -0.39 is 12.0 Å². The van der Waals surface area contributed by atoms with Crippen molar-refractivity contribution in [3.05, 3.63) is 70.2 Å². The average molecular weight is 461 g/mol. The Kier molecular flexibility index (Phi) is 8.86. The number of amides is 2. The minimum atomic E-state index is -0.822. The van der Waals surface area contributed by atoms with Crippen LogP contribution in [0.3, 0.4) is 0 Å². The maximum atomic E-state index is 12.3. The third kappa shape index (κ3) is 7.34. The number of methoxy groups -OCH3 is 1. The first kappa shape index (κ1) is 22.6. The van der Waals surface area contributed by atoms with Crippen molar-refractivity contribution < 1.29 is 19.1 Å². The monoisotopic (exact) mass is 460 g/mol. The standard InChI is InChI=1S/C22H25BrN2O4/c1-15(16-8-4-3-5-9-16)24-20(26)12-13-21(27)25-19(22(28)29-2)14-17-10-6-7-11-18(17)23/h3-11,15,19H,12-14H2,1-2H3,(H,24,26)(H,25,27)/t15-,19+/m1/s1. The summed E-state index contributed by atoms with van der Waals surface area (Å²) in [4.78, 5) is 36.5. The topological polar surface area (TPSA) is 84.5 Å². The molecule has 0 aliphatic heterocycles. The Morgan fingerprint density at radius 2 is 1.52 bits per heavy atom. The molecule has 0 aliphatic rings. The number of hydrogen-bond acceptors (Lipinski definition) is 4. The normalized spacial score (nSPS) is 12.5. The highest BCUT2D eigenvalue weighted by Crippen LogP contribution is 2.18. The van der Waals surface area contributed by atoms with Gasteiger partial charge in [0.2, 0.25) is 11.8 Å². The lowest BCUT2D eigenvalue weighted by atomic mass is 10.1. The van der Waals surface area contributed by atoms with Crippen LogP contribution in [0.25, 0.3) is 0 Å². The summed E-state index contributed by atoms with van der Waals surface area (Å²) in [6, 6.07) is 16.1. The molecule has 2 aromatic carbocycles. The van der Waals surface area contributed by atoms with Crippen molar-refractivity contribution in [1.29, 1.82) is 0 Å². The number of carbonyl (C=O) groups excluding carboxylic acids is 3. The first-order valence-electron chi connectivity index (χ1n) is 9.35. The van der Waals surface area contributed by atoms with Gasteiger partial charge in [-0.05, 0) is 24.1 Å². The molecule has 0 aliphatic carbocycles. The van der Waals surface area contributed by atoms with E-state index in [0.29, 0.717) is 0 Å². The maximum absolute atomic E-state index is 12.3. The van der Waals surface area contributed by atoms with E-state index >= 15 is 0 Å². The molecule has 0 fully saturated rings. The largest absolute Gasteiger partial charge is 0.467 e. The van der Waals surface area contributed by atoms with Crippen LogP contribution in [-0.4, -0.2) is 30.9 Å². The number of benzene rings is 2. The molecular formula is C22H25BrN2O4. The van der Waals surface area contributed by atoms with E-state index in [2.05, 4.69) is 26.6 Å². The molecule has 0 saturated carbocycles. The van der Waals surface area contributed by atoms with E-state index in [1.54, 1.807) is 0 Å². The van der Waals surface area contributed by atoms with Gasteiger partial charge in [0.15, 0.2) is 0 Å². The molecule has 0 bridgehead atoms. The summed E-state index contributed by atoms with van der Waals surface area (Å²) in [5.74, 6) is -1.14. The van der Waals surface area contributed by atoms with Gasteiger partial charge in [-0.3, -0.25) is 9.59 Å². The van der Waals surface area contributed by atoms with Gasteiger partial charge in [-0.2, -0.15) is 0 Å². The predicted molar refractivity (Wildman–Crippen MR) is 114 cm³/mol. The molecule has 29 heavy (non-hydrogen) atoms. The second-order valence-electron chi connectivity index (χ2n) is 6.64. The number of esters is 1. The van der Waals surface area contributed by atoms with Crippen molar-refractivity contribution in [2.24, 2.45) is 0 Å². The summed E-state index contributed by atoms with van der Waals surface area (Å²) in [7, 11) is 1.28. The molecule has 0 aromatic heterocycles. The van der Waals surface area contributed by atoms with Gasteiger partial charge in [-0.15, -0.1) is 0 Å². The lowest BCUT2D eigenvalue weighted by Crippen LogP contribution is -2.43. The molecule has 2 N–H and O–H groups in total. The Balaban J connectivity index is 1.87. The highest BCUT2D eigenvalue weighted by atomic mass is 79.9. The lowest BCUT2D eigenvalue weighted by molar-refractivity contribution is -0.145. The fraction of sp³-hybridized carbons (Fsp3) is 0.318. The summed E-state index contributed by atoms with van der Waals surface area (Å²) in [5, 5.41) is 5.54. The van der Waals surface area contributed by atoms with Gasteiger partial charge >= 0.3 is 5.97 Å². The summed E-state index contributed by atoms with van der Waals surface area (Å²) in [6.07, 6.45) is 0.305. The first-order chi connectivity index (χ1) is 13.9. The van der Waals surface area contributed by atoms with Gasteiger partial charge in [0.25, 0.3) is 0 Å². The van der Waals surface area contributed by atoms with E-state index in [1.165, 1.54) is 7.11 Å². The molecule has 154 valence electrons. The molecule has 0 spiro atoms. The number of hydrogen-bond donors (Lipinski definition) is 2. The van der Waals surface area contributed by atoms with Crippen molar-refractivity contribution in [3.8, 4) is 0 Å². The second kappa shape index (κ2) is 11.4. The second-order valence-corrected chi connectivity index (χ2v) is 7.49. The minimum absolute atomic E-state index is 0.0171. The van der Waals surface area contributed by atoms with Crippen LogP contribution in [0.4, 0.5) is 0 Å². The summed E-state index contributed by atoms with van der Waals surface area (Å²) in [5.41, 5.74) is 1.86. The van der Waals surface area contributed by atoms with Crippen molar-refractivity contribution in [1.82, 2.24) is 10.6 Å². The molecule has 6 nitrogen and oxygen atoms in total. The molecular weight excluding hydrogens is 436 g/mol. The van der Waals surface area contributed by atoms with Gasteiger partial charge in [0.1, 0.15) is 6.04 Å². The Morgan fingerprint density at radius 1 is 0.931 bits per heavy atom. The third-order valence-corrected chi connectivity index (χ3v) is 5.23. The van der Waals surface area contributed by atoms with Crippen LogP contribution >= 0.6 is 15.9 Å². The van der Waals surface area contributed by atoms with Gasteiger partial charge < -0.3 is 15.4 Å². The number of ether oxygens (including phenoxy) is 1. The highest BCUT2D eigenvalue weighted by molar-refractivity contribution is 9.10. The van der Waals surface area contributed by atoms with Crippen molar-refractivity contribution in [3.63, 3.8) is 0 Å². The van der Waals surface area contributed by atoms with Crippen LogP contribution in [0.15, 0.2) is 59.1 Å². The smallest absolute Gasteiger partial charge is 0.328 e. The molecule has 2 atom stereocenters. The summed E-state index contributed by atoms with van der Waals surface area (Å²) in [6.45, 7) is 1.89. The molecule has 7 heteroatoms. The molecule has 2 rings (SSSR count). The average Bonchev–Trinajstić information content (AvgIpc) is 2.73. The number of nitrogens with one attached hydrogen (secondary N) is 2. The highest BCUT2D eigenvalue weighted by Gasteiger charge is 2.23. The Bertz CT molecular complexity index is 842. The van der Waals surface area contributed by atoms with Gasteiger partial charge in [-0.1, -0.05) is 64.5 Å². The zero-order chi connectivity index (χ0) is 21.2. The lowest BCUT2D eigenvalue weighted by Gasteiger charge is -2.18. The fourth-order valence-electron chi connectivity index (χ4n) is 2.85. The SMILES string of the molecule is COC(=O)[C@H](Cc1ccccc1Br)NC(=O)CCC(=O)N[C@H](C)c1ccccc1. The fourth-order valence-corrected chi connectivity index (χ4v) is 3.30. The van der Waals surface area contributed by atoms with Gasteiger partial charge in [-0.25, -0.2) is 4.79 Å². The van der Waals surface area contributed by atoms with Crippen LogP contribution < -0.4 is 10.6 Å². The minimum Gasteiger partial charge on any atom is -0.467 e. The molecule has 0 heterocycles. The van der Waals surface area contributed by atoms with Gasteiger partial charge in [0.05, 0.1) is 13.2 Å². The van der Waals surface area contributed by atoms with Crippen molar-refractivity contribution in [2.75, 3.05) is 7.11 Å². The predicted octanol–water partition coefficient (Wildman–Crippen LogP) is 3.31. The van der Waals surface area contributed by atoms with Crippen LogP contribution in [0.2, 0.25) is 0 Å². The molecule has 2 amide bonds.